The molecule has 4 N–H and O–H groups in total. The lowest BCUT2D eigenvalue weighted by Gasteiger charge is -2.11. The number of nitro groups is 1. The number of nitrogen functional groups attached to an aromatic ring is 1. The van der Waals surface area contributed by atoms with Crippen molar-refractivity contribution in [2.45, 2.75) is 11.3 Å². The minimum atomic E-state index is -3.72. The molecule has 0 amide bonds. The van der Waals surface area contributed by atoms with E-state index >= 15 is 0 Å². The molecule has 0 bridgehead atoms. The van der Waals surface area contributed by atoms with Gasteiger partial charge in [0.1, 0.15) is 5.69 Å². The molecule has 0 aliphatic rings. The van der Waals surface area contributed by atoms with Gasteiger partial charge in [-0.1, -0.05) is 0 Å². The summed E-state index contributed by atoms with van der Waals surface area (Å²) in [6, 6.07) is 3.41. The van der Waals surface area contributed by atoms with E-state index in [4.69, 9.17) is 5.84 Å². The summed E-state index contributed by atoms with van der Waals surface area (Å²) in [7, 11) is 0.0658. The van der Waals surface area contributed by atoms with Gasteiger partial charge < -0.3 is 10.3 Å². The average molecular weight is 317 g/mol. The Hall–Kier alpha value is -1.75. The number of anilines is 1. The molecule has 0 aliphatic carbocycles. The van der Waals surface area contributed by atoms with Crippen LogP contribution >= 0.6 is 0 Å². The Bertz CT molecular complexity index is 603. The lowest BCUT2D eigenvalue weighted by molar-refractivity contribution is -0.384. The predicted molar refractivity (Wildman–Crippen MR) is 79.3 cm³/mol. The van der Waals surface area contributed by atoms with Crippen LogP contribution in [-0.2, 0) is 10.0 Å². The number of benzene rings is 1. The van der Waals surface area contributed by atoms with Crippen LogP contribution in [0.25, 0.3) is 0 Å². The van der Waals surface area contributed by atoms with Gasteiger partial charge in [-0.25, -0.2) is 13.1 Å². The van der Waals surface area contributed by atoms with Crippen LogP contribution in [0.3, 0.4) is 0 Å². The summed E-state index contributed by atoms with van der Waals surface area (Å²) >= 11 is 0. The number of hydrogen-bond acceptors (Lipinski definition) is 7. The molecule has 21 heavy (non-hydrogen) atoms. The molecular formula is C11H19N5O4S. The monoisotopic (exact) mass is 317 g/mol. The van der Waals surface area contributed by atoms with Gasteiger partial charge in [-0.15, -0.1) is 0 Å². The summed E-state index contributed by atoms with van der Waals surface area (Å²) in [5, 5.41) is 10.8. The Morgan fingerprint density at radius 2 is 2.05 bits per heavy atom. The number of nitrogens with one attached hydrogen (secondary N) is 2. The Morgan fingerprint density at radius 3 is 2.57 bits per heavy atom. The topological polar surface area (TPSA) is 131 Å². The van der Waals surface area contributed by atoms with Gasteiger partial charge in [0, 0.05) is 12.6 Å². The van der Waals surface area contributed by atoms with Gasteiger partial charge in [0.15, 0.2) is 0 Å². The molecule has 0 saturated heterocycles. The fraction of sp³-hybridized carbons (Fsp3) is 0.455. The van der Waals surface area contributed by atoms with Crippen LogP contribution in [0, 0.1) is 10.1 Å². The minimum Gasteiger partial charge on any atom is -0.318 e. The molecule has 0 unspecified atom stereocenters. The summed E-state index contributed by atoms with van der Waals surface area (Å²) in [6.07, 6.45) is 0.654. The highest BCUT2D eigenvalue weighted by Gasteiger charge is 2.19. The van der Waals surface area contributed by atoms with Gasteiger partial charge in [0.2, 0.25) is 10.0 Å². The Morgan fingerprint density at radius 1 is 1.38 bits per heavy atom. The first-order valence-corrected chi connectivity index (χ1v) is 7.65. The Kier molecular flexibility index (Phi) is 6.03. The number of nitrogens with two attached hydrogens (primary N) is 1. The molecule has 0 heterocycles. The minimum absolute atomic E-state index is 0.0591. The fourth-order valence-electron chi connectivity index (χ4n) is 1.64. The number of hydrazine groups is 1. The smallest absolute Gasteiger partial charge is 0.293 e. The zero-order chi connectivity index (χ0) is 16.0. The number of sulfonamides is 1. The van der Waals surface area contributed by atoms with E-state index in [2.05, 4.69) is 10.1 Å². The molecule has 0 atom stereocenters. The summed E-state index contributed by atoms with van der Waals surface area (Å²) in [6.45, 7) is 1.03. The maximum Gasteiger partial charge on any atom is 0.293 e. The van der Waals surface area contributed by atoms with Crippen LogP contribution in [-0.4, -0.2) is 45.4 Å². The summed E-state index contributed by atoms with van der Waals surface area (Å²) in [5.41, 5.74) is 1.78. The third-order valence-corrected chi connectivity index (χ3v) is 4.16. The summed E-state index contributed by atoms with van der Waals surface area (Å²) < 4.78 is 26.6. The van der Waals surface area contributed by atoms with Crippen molar-refractivity contribution in [1.29, 1.82) is 0 Å². The largest absolute Gasteiger partial charge is 0.318 e. The van der Waals surface area contributed by atoms with Gasteiger partial charge in [0.25, 0.3) is 5.69 Å². The van der Waals surface area contributed by atoms with E-state index in [1.165, 1.54) is 6.07 Å². The SMILES string of the molecule is CN(C)CCCNS(=O)(=O)c1ccc([N+](=O)[O-])c(NN)c1. The fourth-order valence-corrected chi connectivity index (χ4v) is 2.74. The van der Waals surface area contributed by atoms with Crippen molar-refractivity contribution in [3.63, 3.8) is 0 Å². The first-order chi connectivity index (χ1) is 9.77. The molecule has 10 heteroatoms. The van der Waals surface area contributed by atoms with Crippen molar-refractivity contribution in [1.82, 2.24) is 9.62 Å². The van der Waals surface area contributed by atoms with Crippen LogP contribution in [0.1, 0.15) is 6.42 Å². The third-order valence-electron chi connectivity index (χ3n) is 2.70. The van der Waals surface area contributed by atoms with Gasteiger partial charge in [-0.3, -0.25) is 16.0 Å². The summed E-state index contributed by atoms with van der Waals surface area (Å²) in [4.78, 5) is 12.0. The van der Waals surface area contributed by atoms with Crippen molar-refractivity contribution in [3.8, 4) is 0 Å². The van der Waals surface area contributed by atoms with Gasteiger partial charge in [-0.05, 0) is 39.2 Å². The van der Waals surface area contributed by atoms with E-state index in [0.29, 0.717) is 6.42 Å². The van der Waals surface area contributed by atoms with E-state index in [0.717, 1.165) is 18.7 Å². The van der Waals surface area contributed by atoms with E-state index < -0.39 is 14.9 Å². The maximum absolute atomic E-state index is 12.1. The van der Waals surface area contributed by atoms with E-state index in [1.54, 1.807) is 0 Å². The zero-order valence-corrected chi connectivity index (χ0v) is 12.7. The molecule has 118 valence electrons. The third kappa shape index (κ3) is 4.93. The zero-order valence-electron chi connectivity index (χ0n) is 11.9. The number of hydrogen-bond donors (Lipinski definition) is 3. The average Bonchev–Trinajstić information content (AvgIpc) is 2.42. The van der Waals surface area contributed by atoms with Crippen molar-refractivity contribution in [3.05, 3.63) is 28.3 Å². The van der Waals surface area contributed by atoms with Gasteiger partial charge in [0.05, 0.1) is 9.82 Å². The van der Waals surface area contributed by atoms with E-state index in [-0.39, 0.29) is 22.8 Å². The van der Waals surface area contributed by atoms with Crippen LogP contribution in [0.2, 0.25) is 0 Å². The van der Waals surface area contributed by atoms with Crippen LogP contribution in [0.5, 0.6) is 0 Å². The van der Waals surface area contributed by atoms with E-state index in [9.17, 15) is 18.5 Å². The van der Waals surface area contributed by atoms with Crippen molar-refractivity contribution in [2.24, 2.45) is 5.84 Å². The van der Waals surface area contributed by atoms with Crippen LogP contribution in [0.4, 0.5) is 11.4 Å². The second-order valence-corrected chi connectivity index (χ2v) is 6.40. The molecule has 0 aromatic heterocycles. The van der Waals surface area contributed by atoms with Crippen molar-refractivity contribution < 1.29 is 13.3 Å². The highest BCUT2D eigenvalue weighted by molar-refractivity contribution is 7.89. The predicted octanol–water partition coefficient (Wildman–Crippen LogP) is 0.110. The molecule has 9 nitrogen and oxygen atoms in total. The van der Waals surface area contributed by atoms with Crippen molar-refractivity contribution >= 4 is 21.4 Å². The molecule has 0 fully saturated rings. The molecule has 0 aliphatic heterocycles. The quantitative estimate of drug-likeness (QED) is 0.268. The van der Waals surface area contributed by atoms with E-state index in [1.807, 2.05) is 19.0 Å². The molecule has 0 spiro atoms. The second kappa shape index (κ2) is 7.31. The normalized spacial score (nSPS) is 11.6. The lowest BCUT2D eigenvalue weighted by atomic mass is 10.3. The second-order valence-electron chi connectivity index (χ2n) is 4.64. The van der Waals surface area contributed by atoms with Gasteiger partial charge >= 0.3 is 0 Å². The van der Waals surface area contributed by atoms with Gasteiger partial charge in [-0.2, -0.15) is 0 Å². The number of rotatable bonds is 8. The summed E-state index contributed by atoms with van der Waals surface area (Å²) in [5.74, 6) is 5.18. The Labute approximate surface area is 123 Å². The standard InChI is InChI=1S/C11H19N5O4S/c1-15(2)7-3-6-13-21(19,20)9-4-5-11(16(17)18)10(8-9)14-12/h4-5,8,13-14H,3,6-7,12H2,1-2H3. The Balaban J connectivity index is 2.86. The molecule has 1 aromatic carbocycles. The molecule has 1 rings (SSSR count). The molecule has 1 aromatic rings. The maximum atomic E-state index is 12.1. The first-order valence-electron chi connectivity index (χ1n) is 6.17. The highest BCUT2D eigenvalue weighted by atomic mass is 32.2. The molecular weight excluding hydrogens is 298 g/mol. The van der Waals surface area contributed by atoms with Crippen LogP contribution in [0.15, 0.2) is 23.1 Å². The lowest BCUT2D eigenvalue weighted by Crippen LogP contribution is -2.27. The number of nitrogens with zero attached hydrogens (tertiary/aromatic N) is 2. The van der Waals surface area contributed by atoms with Crippen molar-refractivity contribution in [2.75, 3.05) is 32.6 Å². The first kappa shape index (κ1) is 17.3. The number of nitro benzene ring substituents is 1. The molecule has 0 saturated carbocycles. The molecule has 0 radical (unpaired) electrons. The highest BCUT2D eigenvalue weighted by Crippen LogP contribution is 2.26. The van der Waals surface area contributed by atoms with Crippen LogP contribution < -0.4 is 16.0 Å².